The first kappa shape index (κ1) is 13.3. The summed E-state index contributed by atoms with van der Waals surface area (Å²) in [7, 11) is 0. The molecule has 0 atom stereocenters. The minimum atomic E-state index is 0.287. The van der Waals surface area contributed by atoms with E-state index in [1.807, 2.05) is 12.3 Å². The van der Waals surface area contributed by atoms with Gasteiger partial charge in [0.1, 0.15) is 5.82 Å². The molecule has 1 aliphatic rings. The second kappa shape index (κ2) is 5.24. The predicted molar refractivity (Wildman–Crippen MR) is 75.3 cm³/mol. The molecule has 1 saturated heterocycles. The second-order valence-corrected chi connectivity index (χ2v) is 6.03. The molecule has 0 spiro atoms. The number of nitrogens with zero attached hydrogens (tertiary/aromatic N) is 3. The van der Waals surface area contributed by atoms with Crippen molar-refractivity contribution in [2.45, 2.75) is 32.9 Å². The van der Waals surface area contributed by atoms with Crippen molar-refractivity contribution in [3.63, 3.8) is 0 Å². The minimum Gasteiger partial charge on any atom is -0.384 e. The number of pyridine rings is 1. The van der Waals surface area contributed by atoms with Gasteiger partial charge in [0.15, 0.2) is 0 Å². The van der Waals surface area contributed by atoms with Gasteiger partial charge in [0.05, 0.1) is 0 Å². The van der Waals surface area contributed by atoms with E-state index in [0.717, 1.165) is 32.7 Å². The van der Waals surface area contributed by atoms with Gasteiger partial charge in [-0.05, 0) is 32.4 Å². The summed E-state index contributed by atoms with van der Waals surface area (Å²) in [5.74, 6) is 0.594. The zero-order valence-electron chi connectivity index (χ0n) is 11.7. The Kier molecular flexibility index (Phi) is 3.88. The van der Waals surface area contributed by atoms with Gasteiger partial charge in [0, 0.05) is 44.5 Å². The third-order valence-corrected chi connectivity index (χ3v) is 3.57. The Hall–Kier alpha value is -1.13. The standard InChI is InChI=1S/C14H24N4/c1-14(2,3)18-8-6-17(7-9-18)11-12-4-5-13(15)16-10-12/h4-5,10H,6-9,11H2,1-3H3,(H2,15,16). The molecule has 4 heteroatoms. The van der Waals surface area contributed by atoms with Crippen LogP contribution in [0.3, 0.4) is 0 Å². The third kappa shape index (κ3) is 3.43. The normalized spacial score (nSPS) is 19.1. The molecule has 2 heterocycles. The molecule has 2 N–H and O–H groups in total. The van der Waals surface area contributed by atoms with E-state index in [-0.39, 0.29) is 5.54 Å². The number of aromatic nitrogens is 1. The van der Waals surface area contributed by atoms with E-state index in [0.29, 0.717) is 5.82 Å². The highest BCUT2D eigenvalue weighted by atomic mass is 15.3. The molecule has 1 aliphatic heterocycles. The Labute approximate surface area is 110 Å². The van der Waals surface area contributed by atoms with Crippen molar-refractivity contribution in [1.29, 1.82) is 0 Å². The first-order valence-electron chi connectivity index (χ1n) is 6.63. The second-order valence-electron chi connectivity index (χ2n) is 6.03. The first-order valence-corrected chi connectivity index (χ1v) is 6.63. The topological polar surface area (TPSA) is 45.4 Å². The molecule has 0 radical (unpaired) electrons. The van der Waals surface area contributed by atoms with Crippen LogP contribution in [0.15, 0.2) is 18.3 Å². The molecule has 0 amide bonds. The van der Waals surface area contributed by atoms with Gasteiger partial charge in [-0.2, -0.15) is 0 Å². The van der Waals surface area contributed by atoms with Gasteiger partial charge in [0.2, 0.25) is 0 Å². The average molecular weight is 248 g/mol. The molecule has 0 aromatic carbocycles. The lowest BCUT2D eigenvalue weighted by Crippen LogP contribution is -2.53. The van der Waals surface area contributed by atoms with Crippen LogP contribution in [0.4, 0.5) is 5.82 Å². The minimum absolute atomic E-state index is 0.287. The fourth-order valence-corrected chi connectivity index (χ4v) is 2.36. The highest BCUT2D eigenvalue weighted by Crippen LogP contribution is 2.17. The first-order chi connectivity index (χ1) is 8.45. The van der Waals surface area contributed by atoms with Crippen LogP contribution >= 0.6 is 0 Å². The van der Waals surface area contributed by atoms with E-state index in [1.165, 1.54) is 5.56 Å². The molecule has 1 aromatic heterocycles. The molecule has 1 fully saturated rings. The van der Waals surface area contributed by atoms with Crippen LogP contribution in [0.25, 0.3) is 0 Å². The maximum Gasteiger partial charge on any atom is 0.123 e. The predicted octanol–water partition coefficient (Wildman–Crippen LogP) is 1.58. The van der Waals surface area contributed by atoms with Crippen molar-refractivity contribution in [2.75, 3.05) is 31.9 Å². The smallest absolute Gasteiger partial charge is 0.123 e. The molecule has 0 unspecified atom stereocenters. The van der Waals surface area contributed by atoms with Crippen LogP contribution in [0.2, 0.25) is 0 Å². The fraction of sp³-hybridized carbons (Fsp3) is 0.643. The zero-order chi connectivity index (χ0) is 13.2. The summed E-state index contributed by atoms with van der Waals surface area (Å²) in [5, 5.41) is 0. The number of rotatable bonds is 2. The summed E-state index contributed by atoms with van der Waals surface area (Å²) in [5.41, 5.74) is 7.12. The highest BCUT2D eigenvalue weighted by molar-refractivity contribution is 5.29. The molecule has 1 aromatic rings. The zero-order valence-corrected chi connectivity index (χ0v) is 11.7. The van der Waals surface area contributed by atoms with Gasteiger partial charge < -0.3 is 5.73 Å². The van der Waals surface area contributed by atoms with Crippen LogP contribution in [0.1, 0.15) is 26.3 Å². The summed E-state index contributed by atoms with van der Waals surface area (Å²) < 4.78 is 0. The molecule has 2 rings (SSSR count). The molecule has 100 valence electrons. The van der Waals surface area contributed by atoms with Crippen molar-refractivity contribution >= 4 is 5.82 Å². The largest absolute Gasteiger partial charge is 0.384 e. The van der Waals surface area contributed by atoms with Crippen molar-refractivity contribution in [3.05, 3.63) is 23.9 Å². The Morgan fingerprint density at radius 3 is 2.33 bits per heavy atom. The number of hydrogen-bond donors (Lipinski definition) is 1. The molecular weight excluding hydrogens is 224 g/mol. The van der Waals surface area contributed by atoms with Crippen molar-refractivity contribution in [2.24, 2.45) is 0 Å². The van der Waals surface area contributed by atoms with Gasteiger partial charge in [-0.3, -0.25) is 9.80 Å². The van der Waals surface area contributed by atoms with Gasteiger partial charge >= 0.3 is 0 Å². The van der Waals surface area contributed by atoms with E-state index < -0.39 is 0 Å². The van der Waals surface area contributed by atoms with Crippen LogP contribution in [-0.4, -0.2) is 46.5 Å². The Morgan fingerprint density at radius 1 is 1.17 bits per heavy atom. The summed E-state index contributed by atoms with van der Waals surface area (Å²) in [6.07, 6.45) is 1.88. The van der Waals surface area contributed by atoms with Crippen LogP contribution in [0, 0.1) is 0 Å². The Balaban J connectivity index is 1.85. The molecule has 4 nitrogen and oxygen atoms in total. The molecular formula is C14H24N4. The quantitative estimate of drug-likeness (QED) is 0.863. The van der Waals surface area contributed by atoms with Crippen LogP contribution < -0.4 is 5.73 Å². The number of nitrogens with two attached hydrogens (primary N) is 1. The van der Waals surface area contributed by atoms with Crippen LogP contribution in [-0.2, 0) is 6.54 Å². The van der Waals surface area contributed by atoms with Gasteiger partial charge in [-0.1, -0.05) is 6.07 Å². The van der Waals surface area contributed by atoms with Crippen LogP contribution in [0.5, 0.6) is 0 Å². The highest BCUT2D eigenvalue weighted by Gasteiger charge is 2.25. The van der Waals surface area contributed by atoms with Gasteiger partial charge in [0.25, 0.3) is 0 Å². The average Bonchev–Trinajstić information content (AvgIpc) is 2.32. The monoisotopic (exact) mass is 248 g/mol. The number of hydrogen-bond acceptors (Lipinski definition) is 4. The van der Waals surface area contributed by atoms with Crippen molar-refractivity contribution in [1.82, 2.24) is 14.8 Å². The maximum atomic E-state index is 5.59. The molecule has 0 saturated carbocycles. The van der Waals surface area contributed by atoms with Gasteiger partial charge in [-0.15, -0.1) is 0 Å². The number of piperazine rings is 1. The lowest BCUT2D eigenvalue weighted by molar-refractivity contribution is 0.0590. The van der Waals surface area contributed by atoms with E-state index in [4.69, 9.17) is 5.73 Å². The van der Waals surface area contributed by atoms with Crippen molar-refractivity contribution in [3.8, 4) is 0 Å². The summed E-state index contributed by atoms with van der Waals surface area (Å²) in [4.78, 5) is 9.17. The summed E-state index contributed by atoms with van der Waals surface area (Å²) >= 11 is 0. The Bertz CT molecular complexity index is 372. The number of nitrogen functional groups attached to an aromatic ring is 1. The van der Waals surface area contributed by atoms with E-state index in [1.54, 1.807) is 0 Å². The Morgan fingerprint density at radius 2 is 1.83 bits per heavy atom. The van der Waals surface area contributed by atoms with Crippen molar-refractivity contribution < 1.29 is 0 Å². The van der Waals surface area contributed by atoms with E-state index in [9.17, 15) is 0 Å². The summed E-state index contributed by atoms with van der Waals surface area (Å²) in [6.45, 7) is 12.4. The van der Waals surface area contributed by atoms with E-state index in [2.05, 4.69) is 41.6 Å². The lowest BCUT2D eigenvalue weighted by Gasteiger charge is -2.42. The van der Waals surface area contributed by atoms with E-state index >= 15 is 0 Å². The lowest BCUT2D eigenvalue weighted by atomic mass is 10.0. The summed E-state index contributed by atoms with van der Waals surface area (Å²) in [6, 6.07) is 3.94. The number of anilines is 1. The van der Waals surface area contributed by atoms with Gasteiger partial charge in [-0.25, -0.2) is 4.98 Å². The molecule has 0 bridgehead atoms. The third-order valence-electron chi connectivity index (χ3n) is 3.57. The maximum absolute atomic E-state index is 5.59. The molecule has 0 aliphatic carbocycles. The fourth-order valence-electron chi connectivity index (χ4n) is 2.36. The SMILES string of the molecule is CC(C)(C)N1CCN(Cc2ccc(N)nc2)CC1. The molecule has 18 heavy (non-hydrogen) atoms.